The summed E-state index contributed by atoms with van der Waals surface area (Å²) in [5.41, 5.74) is 5.23. The van der Waals surface area contributed by atoms with Gasteiger partial charge in [-0.1, -0.05) is 0 Å². The summed E-state index contributed by atoms with van der Waals surface area (Å²) in [6.07, 6.45) is -10.8. The molecule has 288 valence electrons. The summed E-state index contributed by atoms with van der Waals surface area (Å²) < 4.78 is 10.9. The van der Waals surface area contributed by atoms with E-state index in [4.69, 9.17) is 25.4 Å². The summed E-state index contributed by atoms with van der Waals surface area (Å²) in [7, 11) is 0. The topological polar surface area (TPSA) is 316 Å². The molecule has 3 amide bonds. The van der Waals surface area contributed by atoms with Gasteiger partial charge in [0.2, 0.25) is 5.91 Å². The molecule has 1 aromatic rings. The maximum Gasteiger partial charge on any atom is 0.256 e. The standard InChI is InChI=1S/C28H45I3N4O15/c29-21-19(27(47)34(1-5-49-7-3-36)10-14(40)25(45)16(42)12-38)22(30)24(33-18(44)9-32)23(31)20(21)28(48)35(2-6-50-8-4-37)11-15(41)26(46)17(43)13-39/h14-17,25-26,36-43,45-46H,1-13,32H2,(H,33,44). The average Bonchev–Trinajstić information content (AvgIpc) is 3.10. The highest BCUT2D eigenvalue weighted by molar-refractivity contribution is 14.1. The van der Waals surface area contributed by atoms with Crippen LogP contribution in [0.1, 0.15) is 20.7 Å². The number of ether oxygens (including phenoxy) is 2. The van der Waals surface area contributed by atoms with E-state index < -0.39 is 87.2 Å². The Morgan fingerprint density at radius 1 is 0.640 bits per heavy atom. The molecule has 0 heterocycles. The lowest BCUT2D eigenvalue weighted by Crippen LogP contribution is -2.49. The van der Waals surface area contributed by atoms with Crippen LogP contribution in [0.15, 0.2) is 0 Å². The van der Waals surface area contributed by atoms with Gasteiger partial charge in [0.05, 0.1) is 83.4 Å². The molecule has 0 aliphatic heterocycles. The molecule has 13 N–H and O–H groups in total. The predicted molar refractivity (Wildman–Crippen MR) is 200 cm³/mol. The van der Waals surface area contributed by atoms with Crippen molar-refractivity contribution in [3.63, 3.8) is 0 Å². The molecule has 6 unspecified atom stereocenters. The zero-order valence-electron chi connectivity index (χ0n) is 26.8. The van der Waals surface area contributed by atoms with Crippen molar-refractivity contribution in [2.45, 2.75) is 36.6 Å². The first-order valence-corrected chi connectivity index (χ1v) is 18.3. The quantitative estimate of drug-likeness (QED) is 0.0343. The normalized spacial score (nSPS) is 15.2. The van der Waals surface area contributed by atoms with Gasteiger partial charge >= 0.3 is 0 Å². The van der Waals surface area contributed by atoms with Gasteiger partial charge in [0.1, 0.15) is 36.6 Å². The van der Waals surface area contributed by atoms with Crippen molar-refractivity contribution in [2.24, 2.45) is 5.73 Å². The Balaban J connectivity index is 3.89. The Hall–Kier alpha value is -0.700. The third-order valence-electron chi connectivity index (χ3n) is 7.02. The first kappa shape index (κ1) is 47.3. The Bertz CT molecular complexity index is 1160. The number of amides is 3. The number of rotatable bonds is 24. The van der Waals surface area contributed by atoms with Gasteiger partial charge in [0, 0.05) is 29.7 Å². The fraction of sp³-hybridized carbons (Fsp3) is 0.679. The van der Waals surface area contributed by atoms with E-state index in [2.05, 4.69) is 5.32 Å². The fourth-order valence-corrected chi connectivity index (χ4v) is 8.65. The Kier molecular flexibility index (Phi) is 23.3. The van der Waals surface area contributed by atoms with E-state index in [1.165, 1.54) is 0 Å². The summed E-state index contributed by atoms with van der Waals surface area (Å²) in [6.45, 7) is -5.03. The Morgan fingerprint density at radius 3 is 1.34 bits per heavy atom. The fourth-order valence-electron chi connectivity index (χ4n) is 4.29. The van der Waals surface area contributed by atoms with Crippen molar-refractivity contribution < 1.29 is 74.9 Å². The highest BCUT2D eigenvalue weighted by atomic mass is 127. The second-order valence-electron chi connectivity index (χ2n) is 10.6. The number of aliphatic hydroxyl groups excluding tert-OH is 10. The molecule has 0 bridgehead atoms. The SMILES string of the molecule is NCC(=O)Nc1c(I)c(C(=O)N(CCOCCO)CC(O)C(O)C(O)CO)c(I)c(C(=O)N(CCOCCO)CC(O)C(O)C(O)CO)c1I. The van der Waals surface area contributed by atoms with Gasteiger partial charge in [-0.05, 0) is 67.8 Å². The monoisotopic (exact) mass is 1060 g/mol. The van der Waals surface area contributed by atoms with Gasteiger partial charge in [0.25, 0.3) is 11.8 Å². The number of nitrogens with one attached hydrogen (secondary N) is 1. The summed E-state index contributed by atoms with van der Waals surface area (Å²) >= 11 is 5.30. The second kappa shape index (κ2) is 24.6. The minimum Gasteiger partial charge on any atom is -0.394 e. The van der Waals surface area contributed by atoms with Crippen molar-refractivity contribution in [2.75, 3.05) is 90.9 Å². The molecular formula is C28H45I3N4O15. The van der Waals surface area contributed by atoms with E-state index in [0.717, 1.165) is 9.80 Å². The first-order valence-electron chi connectivity index (χ1n) is 15.1. The predicted octanol–water partition coefficient (Wildman–Crippen LogP) is -4.55. The number of hydrogen-bond acceptors (Lipinski definition) is 16. The highest BCUT2D eigenvalue weighted by Crippen LogP contribution is 2.37. The van der Waals surface area contributed by atoms with Gasteiger partial charge in [-0.15, -0.1) is 0 Å². The van der Waals surface area contributed by atoms with Crippen molar-refractivity contribution in [1.82, 2.24) is 9.80 Å². The summed E-state index contributed by atoms with van der Waals surface area (Å²) in [5, 5.41) is 101. The van der Waals surface area contributed by atoms with Crippen molar-refractivity contribution in [3.05, 3.63) is 21.8 Å². The molecule has 0 saturated heterocycles. The van der Waals surface area contributed by atoms with Crippen LogP contribution in [0.25, 0.3) is 0 Å². The molecule has 1 aromatic carbocycles. The maximum atomic E-state index is 14.3. The minimum atomic E-state index is -1.87. The molecule has 0 aromatic heterocycles. The molecule has 0 aliphatic rings. The van der Waals surface area contributed by atoms with E-state index in [1.54, 1.807) is 67.8 Å². The van der Waals surface area contributed by atoms with Crippen LogP contribution in [0.3, 0.4) is 0 Å². The highest BCUT2D eigenvalue weighted by Gasteiger charge is 2.36. The lowest BCUT2D eigenvalue weighted by Gasteiger charge is -2.31. The largest absolute Gasteiger partial charge is 0.394 e. The molecular weight excluding hydrogens is 1010 g/mol. The Labute approximate surface area is 328 Å². The van der Waals surface area contributed by atoms with Crippen molar-refractivity contribution in [3.8, 4) is 0 Å². The summed E-state index contributed by atoms with van der Waals surface area (Å²) in [4.78, 5) is 43.2. The number of nitrogens with zero attached hydrogens (tertiary/aromatic N) is 2. The molecule has 0 aliphatic carbocycles. The summed E-state index contributed by atoms with van der Waals surface area (Å²) in [5.74, 6) is -2.34. The van der Waals surface area contributed by atoms with Crippen LogP contribution in [0, 0.1) is 10.7 Å². The maximum absolute atomic E-state index is 14.3. The molecule has 6 atom stereocenters. The molecule has 0 saturated carbocycles. The molecule has 0 spiro atoms. The first-order chi connectivity index (χ1) is 23.6. The van der Waals surface area contributed by atoms with Crippen molar-refractivity contribution >= 4 is 91.2 Å². The molecule has 50 heavy (non-hydrogen) atoms. The van der Waals surface area contributed by atoms with Gasteiger partial charge in [-0.3, -0.25) is 14.4 Å². The molecule has 1 rings (SSSR count). The van der Waals surface area contributed by atoms with Crippen LogP contribution in [0.4, 0.5) is 5.69 Å². The van der Waals surface area contributed by atoms with Crippen LogP contribution in [-0.2, 0) is 14.3 Å². The van der Waals surface area contributed by atoms with E-state index >= 15 is 0 Å². The van der Waals surface area contributed by atoms with Gasteiger partial charge < -0.3 is 81.4 Å². The lowest BCUT2D eigenvalue weighted by atomic mass is 10.0. The van der Waals surface area contributed by atoms with Crippen LogP contribution in [-0.4, -0.2) is 201 Å². The summed E-state index contributed by atoms with van der Waals surface area (Å²) in [6, 6.07) is 0. The molecule has 22 heteroatoms. The molecule has 19 nitrogen and oxygen atoms in total. The van der Waals surface area contributed by atoms with Gasteiger partial charge in [-0.2, -0.15) is 0 Å². The molecule has 0 fully saturated rings. The minimum absolute atomic E-state index is 0.00861. The number of aliphatic hydroxyl groups is 10. The van der Waals surface area contributed by atoms with Crippen LogP contribution in [0.2, 0.25) is 0 Å². The van der Waals surface area contributed by atoms with Crippen LogP contribution < -0.4 is 11.1 Å². The third kappa shape index (κ3) is 13.9. The number of nitrogens with two attached hydrogens (primary N) is 1. The van der Waals surface area contributed by atoms with Gasteiger partial charge in [0.15, 0.2) is 0 Å². The average molecular weight is 1060 g/mol. The Morgan fingerprint density at radius 2 is 1.02 bits per heavy atom. The zero-order valence-corrected chi connectivity index (χ0v) is 33.2. The lowest BCUT2D eigenvalue weighted by molar-refractivity contribution is -0.114. The van der Waals surface area contributed by atoms with Crippen LogP contribution in [0.5, 0.6) is 0 Å². The van der Waals surface area contributed by atoms with Crippen LogP contribution >= 0.6 is 67.8 Å². The van der Waals surface area contributed by atoms with E-state index in [0.29, 0.717) is 0 Å². The third-order valence-corrected chi connectivity index (χ3v) is 10.3. The van der Waals surface area contributed by atoms with E-state index in [9.17, 15) is 55.2 Å². The number of carbonyl (C=O) groups is 3. The van der Waals surface area contributed by atoms with Crippen molar-refractivity contribution in [1.29, 1.82) is 0 Å². The number of anilines is 1. The number of benzene rings is 1. The van der Waals surface area contributed by atoms with Gasteiger partial charge in [-0.25, -0.2) is 0 Å². The number of halogens is 3. The van der Waals surface area contributed by atoms with E-state index in [-0.39, 0.29) is 80.3 Å². The second-order valence-corrected chi connectivity index (χ2v) is 13.8. The van der Waals surface area contributed by atoms with E-state index in [1.807, 2.05) is 0 Å². The number of carbonyl (C=O) groups excluding carboxylic acids is 3. The smallest absolute Gasteiger partial charge is 0.256 e. The zero-order chi connectivity index (χ0) is 38.1. The number of hydrogen-bond donors (Lipinski definition) is 12. The molecule has 0 radical (unpaired) electrons.